The Balaban J connectivity index is 0.00000240. The van der Waals surface area contributed by atoms with Crippen LogP contribution in [-0.2, 0) is 0 Å². The number of hydrogen-bond acceptors (Lipinski definition) is 4. The molecule has 5 nitrogen and oxygen atoms in total. The Morgan fingerprint density at radius 2 is 1.76 bits per heavy atom. The molecule has 0 radical (unpaired) electrons. The summed E-state index contributed by atoms with van der Waals surface area (Å²) >= 11 is 0. The van der Waals surface area contributed by atoms with Crippen molar-refractivity contribution in [3.05, 3.63) is 76.5 Å². The maximum absolute atomic E-state index is 13.3. The molecule has 0 fully saturated rings. The summed E-state index contributed by atoms with van der Waals surface area (Å²) in [6.07, 6.45) is 1.57. The van der Waals surface area contributed by atoms with Gasteiger partial charge in [0.2, 0.25) is 0 Å². The minimum absolute atomic E-state index is 0. The topological polar surface area (TPSA) is 59.8 Å². The molecule has 0 aliphatic rings. The van der Waals surface area contributed by atoms with Crippen molar-refractivity contribution >= 4 is 41.0 Å². The maximum Gasteiger partial charge on any atom is 0.259 e. The number of aromatic nitrogens is 3. The van der Waals surface area contributed by atoms with Gasteiger partial charge in [-0.1, -0.05) is 30.3 Å². The molecular weight excluding hydrogens is 380 g/mol. The molecule has 0 amide bonds. The van der Waals surface area contributed by atoms with Crippen molar-refractivity contribution in [2.24, 2.45) is 0 Å². The molecule has 2 aromatic carbocycles. The van der Waals surface area contributed by atoms with E-state index in [2.05, 4.69) is 28.3 Å². The third kappa shape index (κ3) is 3.72. The van der Waals surface area contributed by atoms with Crippen LogP contribution in [-0.4, -0.2) is 14.5 Å². The van der Waals surface area contributed by atoms with Crippen LogP contribution in [0.3, 0.4) is 0 Å². The van der Waals surface area contributed by atoms with Gasteiger partial charge in [-0.25, -0.2) is 9.97 Å². The zero-order valence-electron chi connectivity index (χ0n) is 17.1. The van der Waals surface area contributed by atoms with Crippen LogP contribution < -0.4 is 10.9 Å². The molecule has 0 saturated heterocycles. The number of para-hydroxylation sites is 1. The SMILES string of the molecule is Cc1cccc2cc([C@H](C)Nc3ncnc4ccccc34)n(C(C)C)c(=O)c12.S. The van der Waals surface area contributed by atoms with Crippen molar-refractivity contribution in [1.29, 1.82) is 0 Å². The highest BCUT2D eigenvalue weighted by Crippen LogP contribution is 2.27. The van der Waals surface area contributed by atoms with Gasteiger partial charge in [-0.05, 0) is 56.8 Å². The van der Waals surface area contributed by atoms with E-state index in [1.807, 2.05) is 67.8 Å². The standard InChI is InChI=1S/C23H24N4O.H2S/c1-14(2)27-20(12-17-9-7-8-15(3)21(17)23(27)28)16(4)26-22-18-10-5-6-11-19(18)24-13-25-22;/h5-14,16H,1-4H3,(H,24,25,26);1H2/t16-;/m0./s1. The first-order valence-corrected chi connectivity index (χ1v) is 9.58. The highest BCUT2D eigenvalue weighted by molar-refractivity contribution is 7.59. The van der Waals surface area contributed by atoms with E-state index in [0.717, 1.165) is 38.8 Å². The largest absolute Gasteiger partial charge is 0.361 e. The van der Waals surface area contributed by atoms with E-state index in [4.69, 9.17) is 0 Å². The number of aryl methyl sites for hydroxylation is 1. The Hall–Kier alpha value is -2.86. The number of anilines is 1. The van der Waals surface area contributed by atoms with E-state index in [1.165, 1.54) is 0 Å². The summed E-state index contributed by atoms with van der Waals surface area (Å²) in [7, 11) is 0. The summed E-state index contributed by atoms with van der Waals surface area (Å²) in [5.41, 5.74) is 2.90. The predicted molar refractivity (Wildman–Crippen MR) is 125 cm³/mol. The van der Waals surface area contributed by atoms with Gasteiger partial charge >= 0.3 is 0 Å². The first-order chi connectivity index (χ1) is 13.5. The zero-order valence-corrected chi connectivity index (χ0v) is 18.1. The first-order valence-electron chi connectivity index (χ1n) is 9.58. The summed E-state index contributed by atoms with van der Waals surface area (Å²) in [6, 6.07) is 16.0. The fraction of sp³-hybridized carbons (Fsp3) is 0.261. The number of pyridine rings is 1. The summed E-state index contributed by atoms with van der Waals surface area (Å²) in [5.74, 6) is 0.769. The van der Waals surface area contributed by atoms with Gasteiger partial charge in [0.25, 0.3) is 5.56 Å². The minimum atomic E-state index is -0.0988. The third-order valence-electron chi connectivity index (χ3n) is 5.18. The Labute approximate surface area is 177 Å². The second-order valence-corrected chi connectivity index (χ2v) is 7.48. The second kappa shape index (κ2) is 8.25. The van der Waals surface area contributed by atoms with Crippen LogP contribution in [0.5, 0.6) is 0 Å². The monoisotopic (exact) mass is 406 g/mol. The number of nitrogens with one attached hydrogen (secondary N) is 1. The van der Waals surface area contributed by atoms with Crippen LogP contribution in [0.4, 0.5) is 5.82 Å². The Morgan fingerprint density at radius 1 is 1.00 bits per heavy atom. The van der Waals surface area contributed by atoms with Crippen LogP contribution in [0.2, 0.25) is 0 Å². The molecule has 29 heavy (non-hydrogen) atoms. The minimum Gasteiger partial charge on any atom is -0.361 e. The lowest BCUT2D eigenvalue weighted by atomic mass is 10.0. The normalized spacial score (nSPS) is 12.2. The van der Waals surface area contributed by atoms with Crippen molar-refractivity contribution in [1.82, 2.24) is 14.5 Å². The number of hydrogen-bond donors (Lipinski definition) is 1. The quantitative estimate of drug-likeness (QED) is 0.511. The van der Waals surface area contributed by atoms with E-state index < -0.39 is 0 Å². The number of benzene rings is 2. The molecule has 2 heterocycles. The van der Waals surface area contributed by atoms with Gasteiger partial charge in [-0.3, -0.25) is 4.79 Å². The molecule has 0 bridgehead atoms. The van der Waals surface area contributed by atoms with Crippen molar-refractivity contribution < 1.29 is 0 Å². The average molecular weight is 407 g/mol. The molecule has 0 aliphatic carbocycles. The number of fused-ring (bicyclic) bond motifs is 2. The molecular formula is C23H26N4OS. The molecule has 0 aliphatic heterocycles. The molecule has 6 heteroatoms. The number of rotatable bonds is 4. The summed E-state index contributed by atoms with van der Waals surface area (Å²) in [4.78, 5) is 22.1. The maximum atomic E-state index is 13.3. The Kier molecular flexibility index (Phi) is 5.94. The Bertz CT molecular complexity index is 1230. The summed E-state index contributed by atoms with van der Waals surface area (Å²) in [6.45, 7) is 8.14. The van der Waals surface area contributed by atoms with E-state index in [0.29, 0.717) is 0 Å². The highest BCUT2D eigenvalue weighted by atomic mass is 32.1. The van der Waals surface area contributed by atoms with Crippen molar-refractivity contribution in [2.45, 2.75) is 39.8 Å². The van der Waals surface area contributed by atoms with Crippen molar-refractivity contribution in [3.63, 3.8) is 0 Å². The van der Waals surface area contributed by atoms with Gasteiger partial charge < -0.3 is 9.88 Å². The van der Waals surface area contributed by atoms with Gasteiger partial charge in [0.05, 0.1) is 16.9 Å². The van der Waals surface area contributed by atoms with Gasteiger partial charge in [0, 0.05) is 17.1 Å². The molecule has 150 valence electrons. The van der Waals surface area contributed by atoms with Crippen LogP contribution >= 0.6 is 13.5 Å². The highest BCUT2D eigenvalue weighted by Gasteiger charge is 2.18. The average Bonchev–Trinajstić information content (AvgIpc) is 2.67. The van der Waals surface area contributed by atoms with Crippen LogP contribution in [0, 0.1) is 6.92 Å². The molecule has 1 atom stereocenters. The van der Waals surface area contributed by atoms with Gasteiger partial charge in [0.15, 0.2) is 0 Å². The van der Waals surface area contributed by atoms with E-state index in [9.17, 15) is 4.79 Å². The van der Waals surface area contributed by atoms with Gasteiger partial charge in [0.1, 0.15) is 12.1 Å². The van der Waals surface area contributed by atoms with Crippen LogP contribution in [0.1, 0.15) is 44.1 Å². The van der Waals surface area contributed by atoms with Crippen molar-refractivity contribution in [2.75, 3.05) is 5.32 Å². The lowest BCUT2D eigenvalue weighted by Crippen LogP contribution is -2.28. The van der Waals surface area contributed by atoms with Gasteiger partial charge in [-0.15, -0.1) is 0 Å². The van der Waals surface area contributed by atoms with Crippen molar-refractivity contribution in [3.8, 4) is 0 Å². The summed E-state index contributed by atoms with van der Waals surface area (Å²) in [5, 5.41) is 6.22. The number of nitrogens with zero attached hydrogens (tertiary/aromatic N) is 3. The molecule has 2 aromatic heterocycles. The molecule has 1 N–H and O–H groups in total. The molecule has 0 saturated carbocycles. The zero-order chi connectivity index (χ0) is 19.8. The Morgan fingerprint density at radius 3 is 2.52 bits per heavy atom. The van der Waals surface area contributed by atoms with E-state index in [-0.39, 0.29) is 31.1 Å². The van der Waals surface area contributed by atoms with Crippen LogP contribution in [0.25, 0.3) is 21.7 Å². The second-order valence-electron chi connectivity index (χ2n) is 7.48. The molecule has 0 spiro atoms. The third-order valence-corrected chi connectivity index (χ3v) is 5.18. The van der Waals surface area contributed by atoms with Crippen LogP contribution in [0.15, 0.2) is 59.7 Å². The van der Waals surface area contributed by atoms with Gasteiger partial charge in [-0.2, -0.15) is 13.5 Å². The smallest absolute Gasteiger partial charge is 0.259 e. The molecule has 0 unspecified atom stereocenters. The fourth-order valence-electron chi connectivity index (χ4n) is 3.83. The molecule has 4 rings (SSSR count). The summed E-state index contributed by atoms with van der Waals surface area (Å²) < 4.78 is 1.89. The first kappa shape index (κ1) is 20.9. The molecule has 4 aromatic rings. The predicted octanol–water partition coefficient (Wildman–Crippen LogP) is 5.12. The lowest BCUT2D eigenvalue weighted by Gasteiger charge is -2.24. The lowest BCUT2D eigenvalue weighted by molar-refractivity contribution is 0.541. The van der Waals surface area contributed by atoms with E-state index in [1.54, 1.807) is 6.33 Å². The van der Waals surface area contributed by atoms with E-state index >= 15 is 0 Å². The fourth-order valence-corrected chi connectivity index (χ4v) is 3.83.